The van der Waals surface area contributed by atoms with Crippen LogP contribution in [0.15, 0.2) is 23.1 Å². The molecule has 1 saturated carbocycles. The van der Waals surface area contributed by atoms with Crippen LogP contribution in [0, 0.1) is 5.92 Å². The van der Waals surface area contributed by atoms with Gasteiger partial charge in [-0.05, 0) is 30.9 Å². The Bertz CT molecular complexity index is 587. The summed E-state index contributed by atoms with van der Waals surface area (Å²) in [6.45, 7) is 0.235. The van der Waals surface area contributed by atoms with E-state index in [0.717, 1.165) is 19.3 Å². The van der Waals surface area contributed by atoms with Gasteiger partial charge in [0.1, 0.15) is 16.4 Å². The normalized spacial score (nSPS) is 22.2. The molecule has 0 spiro atoms. The second kappa shape index (κ2) is 6.64. The van der Waals surface area contributed by atoms with Crippen molar-refractivity contribution >= 4 is 10.0 Å². The predicted molar refractivity (Wildman–Crippen MR) is 78.1 cm³/mol. The van der Waals surface area contributed by atoms with Crippen LogP contribution in [0.25, 0.3) is 0 Å². The van der Waals surface area contributed by atoms with Gasteiger partial charge in [0, 0.05) is 12.6 Å². The highest BCUT2D eigenvalue weighted by atomic mass is 32.2. The van der Waals surface area contributed by atoms with E-state index in [2.05, 4.69) is 4.72 Å². The van der Waals surface area contributed by atoms with Gasteiger partial charge < -0.3 is 14.6 Å². The van der Waals surface area contributed by atoms with Crippen molar-refractivity contribution < 1.29 is 23.0 Å². The Balaban J connectivity index is 2.15. The number of sulfonamides is 1. The van der Waals surface area contributed by atoms with E-state index in [9.17, 15) is 13.5 Å². The second-order valence-electron chi connectivity index (χ2n) is 5.13. The first-order valence-corrected chi connectivity index (χ1v) is 8.36. The molecule has 2 rings (SSSR count). The fourth-order valence-corrected chi connectivity index (χ4v) is 3.79. The molecule has 0 saturated heterocycles. The molecule has 2 atom stereocenters. The Morgan fingerprint density at radius 1 is 1.29 bits per heavy atom. The van der Waals surface area contributed by atoms with Crippen LogP contribution in [0.4, 0.5) is 0 Å². The maximum Gasteiger partial charge on any atom is 0.244 e. The fraction of sp³-hybridized carbons (Fsp3) is 0.571. The van der Waals surface area contributed by atoms with Crippen LogP contribution in [-0.4, -0.2) is 40.4 Å². The Labute approximate surface area is 125 Å². The van der Waals surface area contributed by atoms with Crippen molar-refractivity contribution in [2.24, 2.45) is 5.92 Å². The van der Waals surface area contributed by atoms with Gasteiger partial charge in [0.05, 0.1) is 20.3 Å². The molecule has 0 radical (unpaired) electrons. The van der Waals surface area contributed by atoms with E-state index in [-0.39, 0.29) is 23.1 Å². The summed E-state index contributed by atoms with van der Waals surface area (Å²) >= 11 is 0. The van der Waals surface area contributed by atoms with Gasteiger partial charge in [0.2, 0.25) is 10.0 Å². The number of aliphatic hydroxyl groups excluding tert-OH is 1. The van der Waals surface area contributed by atoms with E-state index in [4.69, 9.17) is 9.47 Å². The third kappa shape index (κ3) is 3.66. The first-order valence-electron chi connectivity index (χ1n) is 6.87. The van der Waals surface area contributed by atoms with Gasteiger partial charge in [-0.2, -0.15) is 0 Å². The van der Waals surface area contributed by atoms with Crippen LogP contribution in [-0.2, 0) is 10.0 Å². The highest BCUT2D eigenvalue weighted by molar-refractivity contribution is 7.89. The highest BCUT2D eigenvalue weighted by Crippen LogP contribution is 2.29. The fourth-order valence-electron chi connectivity index (χ4n) is 2.55. The number of rotatable bonds is 6. The molecule has 0 aliphatic heterocycles. The van der Waals surface area contributed by atoms with Crippen molar-refractivity contribution in [2.75, 3.05) is 20.8 Å². The van der Waals surface area contributed by atoms with Gasteiger partial charge in [-0.15, -0.1) is 0 Å². The summed E-state index contributed by atoms with van der Waals surface area (Å²) in [6, 6.07) is 4.55. The lowest BCUT2D eigenvalue weighted by molar-refractivity contribution is 0.134. The molecule has 1 aliphatic rings. The summed E-state index contributed by atoms with van der Waals surface area (Å²) in [5.41, 5.74) is 0. The summed E-state index contributed by atoms with van der Waals surface area (Å²) in [5, 5.41) is 9.75. The average Bonchev–Trinajstić information content (AvgIpc) is 2.89. The molecule has 0 heterocycles. The third-order valence-electron chi connectivity index (χ3n) is 3.81. The molecule has 2 N–H and O–H groups in total. The van der Waals surface area contributed by atoms with E-state index in [0.29, 0.717) is 5.75 Å². The van der Waals surface area contributed by atoms with Crippen LogP contribution in [0.3, 0.4) is 0 Å². The van der Waals surface area contributed by atoms with E-state index >= 15 is 0 Å². The Morgan fingerprint density at radius 3 is 2.62 bits per heavy atom. The molecular formula is C14H21NO5S. The van der Waals surface area contributed by atoms with Crippen molar-refractivity contribution in [3.63, 3.8) is 0 Å². The number of aliphatic hydroxyl groups is 1. The minimum atomic E-state index is -3.68. The summed E-state index contributed by atoms with van der Waals surface area (Å²) in [4.78, 5) is 0.0679. The first-order chi connectivity index (χ1) is 9.97. The first kappa shape index (κ1) is 16.1. The Hall–Kier alpha value is -1.31. The molecule has 0 aromatic heterocycles. The van der Waals surface area contributed by atoms with Gasteiger partial charge in [-0.1, -0.05) is 6.42 Å². The maximum atomic E-state index is 12.4. The standard InChI is InChI=1S/C14H21NO5S/c1-19-11-6-7-14(13(8-11)20-2)21(17,18)15-9-10-4-3-5-12(10)16/h6-8,10,12,15-16H,3-5,9H2,1-2H3. The van der Waals surface area contributed by atoms with Crippen LogP contribution < -0.4 is 14.2 Å². The van der Waals surface area contributed by atoms with Gasteiger partial charge in [0.15, 0.2) is 0 Å². The molecular weight excluding hydrogens is 294 g/mol. The molecule has 21 heavy (non-hydrogen) atoms. The molecule has 1 aromatic rings. The number of nitrogens with one attached hydrogen (secondary N) is 1. The second-order valence-corrected chi connectivity index (χ2v) is 6.86. The molecule has 1 aromatic carbocycles. The van der Waals surface area contributed by atoms with Crippen molar-refractivity contribution in [3.05, 3.63) is 18.2 Å². The summed E-state index contributed by atoms with van der Waals surface area (Å²) in [7, 11) is -0.767. The minimum Gasteiger partial charge on any atom is -0.497 e. The van der Waals surface area contributed by atoms with Crippen LogP contribution >= 0.6 is 0 Å². The van der Waals surface area contributed by atoms with Gasteiger partial charge >= 0.3 is 0 Å². The number of benzene rings is 1. The average molecular weight is 315 g/mol. The van der Waals surface area contributed by atoms with Crippen LogP contribution in [0.1, 0.15) is 19.3 Å². The summed E-state index contributed by atoms with van der Waals surface area (Å²) in [5.74, 6) is 0.731. The Morgan fingerprint density at radius 2 is 2.05 bits per heavy atom. The van der Waals surface area contributed by atoms with E-state index in [1.165, 1.54) is 26.4 Å². The summed E-state index contributed by atoms with van der Waals surface area (Å²) in [6.07, 6.45) is 2.08. The molecule has 0 amide bonds. The molecule has 1 fully saturated rings. The van der Waals surface area contributed by atoms with E-state index in [1.54, 1.807) is 6.07 Å². The SMILES string of the molecule is COc1ccc(S(=O)(=O)NCC2CCCC2O)c(OC)c1. The molecule has 1 aliphatic carbocycles. The third-order valence-corrected chi connectivity index (χ3v) is 5.28. The Kier molecular flexibility index (Phi) is 5.08. The molecule has 2 unspecified atom stereocenters. The van der Waals surface area contributed by atoms with E-state index in [1.807, 2.05) is 0 Å². The molecule has 7 heteroatoms. The minimum absolute atomic E-state index is 0.0241. The number of ether oxygens (including phenoxy) is 2. The van der Waals surface area contributed by atoms with E-state index < -0.39 is 16.1 Å². The lowest BCUT2D eigenvalue weighted by atomic mass is 10.1. The monoisotopic (exact) mass is 315 g/mol. The van der Waals surface area contributed by atoms with Gasteiger partial charge in [0.25, 0.3) is 0 Å². The van der Waals surface area contributed by atoms with Crippen molar-refractivity contribution in [1.29, 1.82) is 0 Å². The van der Waals surface area contributed by atoms with Gasteiger partial charge in [-0.3, -0.25) is 0 Å². The number of hydrogen-bond donors (Lipinski definition) is 2. The van der Waals surface area contributed by atoms with Crippen molar-refractivity contribution in [1.82, 2.24) is 4.72 Å². The smallest absolute Gasteiger partial charge is 0.244 e. The number of hydrogen-bond acceptors (Lipinski definition) is 5. The van der Waals surface area contributed by atoms with Crippen LogP contribution in [0.5, 0.6) is 11.5 Å². The van der Waals surface area contributed by atoms with Crippen molar-refractivity contribution in [3.8, 4) is 11.5 Å². The zero-order valence-corrected chi connectivity index (χ0v) is 13.0. The molecule has 6 nitrogen and oxygen atoms in total. The quantitative estimate of drug-likeness (QED) is 0.822. The zero-order valence-electron chi connectivity index (χ0n) is 12.2. The lowest BCUT2D eigenvalue weighted by Gasteiger charge is -2.16. The topological polar surface area (TPSA) is 84.9 Å². The van der Waals surface area contributed by atoms with Crippen LogP contribution in [0.2, 0.25) is 0 Å². The zero-order chi connectivity index (χ0) is 15.5. The molecule has 118 valence electrons. The number of methoxy groups -OCH3 is 2. The maximum absolute atomic E-state index is 12.4. The van der Waals surface area contributed by atoms with Gasteiger partial charge in [-0.25, -0.2) is 13.1 Å². The highest BCUT2D eigenvalue weighted by Gasteiger charge is 2.28. The lowest BCUT2D eigenvalue weighted by Crippen LogP contribution is -2.32. The largest absolute Gasteiger partial charge is 0.497 e. The van der Waals surface area contributed by atoms with Crippen molar-refractivity contribution in [2.45, 2.75) is 30.3 Å². The summed E-state index contributed by atoms with van der Waals surface area (Å²) < 4.78 is 37.4. The predicted octanol–water partition coefficient (Wildman–Crippen LogP) is 1.14. The molecule has 0 bridgehead atoms.